The Morgan fingerprint density at radius 3 is 2.30 bits per heavy atom. The van der Waals surface area contributed by atoms with Crippen LogP contribution >= 0.6 is 34.8 Å². The SMILES string of the molecule is COc1cc(C(=O)Cc2c(Cl)cccc2Cl)ccc1Cl. The Balaban J connectivity index is 2.29. The normalized spacial score (nSPS) is 10.4. The van der Waals surface area contributed by atoms with Gasteiger partial charge >= 0.3 is 0 Å². The molecule has 104 valence electrons. The summed E-state index contributed by atoms with van der Waals surface area (Å²) in [7, 11) is 1.50. The molecule has 0 aliphatic rings. The van der Waals surface area contributed by atoms with Crippen LogP contribution in [-0.4, -0.2) is 12.9 Å². The van der Waals surface area contributed by atoms with Crippen molar-refractivity contribution in [2.24, 2.45) is 0 Å². The molecule has 0 spiro atoms. The zero-order chi connectivity index (χ0) is 14.7. The Hall–Kier alpha value is -1.22. The molecule has 20 heavy (non-hydrogen) atoms. The molecule has 2 aromatic rings. The molecule has 0 saturated carbocycles. The summed E-state index contributed by atoms with van der Waals surface area (Å²) >= 11 is 18.1. The van der Waals surface area contributed by atoms with Gasteiger partial charge in [-0.05, 0) is 35.9 Å². The molecule has 0 aromatic heterocycles. The lowest BCUT2D eigenvalue weighted by molar-refractivity contribution is 0.0992. The number of ketones is 1. The first kappa shape index (κ1) is 15.2. The molecule has 0 amide bonds. The topological polar surface area (TPSA) is 26.3 Å². The maximum absolute atomic E-state index is 12.3. The number of carbonyl (C=O) groups excluding carboxylic acids is 1. The van der Waals surface area contributed by atoms with E-state index in [0.29, 0.717) is 31.9 Å². The predicted molar refractivity (Wildman–Crippen MR) is 82.5 cm³/mol. The van der Waals surface area contributed by atoms with Crippen LogP contribution in [0.2, 0.25) is 15.1 Å². The van der Waals surface area contributed by atoms with Crippen molar-refractivity contribution in [1.29, 1.82) is 0 Å². The Kier molecular flexibility index (Phi) is 4.92. The van der Waals surface area contributed by atoms with Crippen molar-refractivity contribution in [2.75, 3.05) is 7.11 Å². The first-order chi connectivity index (χ1) is 9.52. The molecule has 5 heteroatoms. The van der Waals surface area contributed by atoms with E-state index in [0.717, 1.165) is 0 Å². The van der Waals surface area contributed by atoms with Gasteiger partial charge in [0.05, 0.1) is 12.1 Å². The van der Waals surface area contributed by atoms with Crippen LogP contribution in [0.4, 0.5) is 0 Å². The van der Waals surface area contributed by atoms with Gasteiger partial charge in [0.25, 0.3) is 0 Å². The molecule has 2 aromatic carbocycles. The number of hydrogen-bond donors (Lipinski definition) is 0. The second-order valence-corrected chi connectivity index (χ2v) is 5.37. The maximum atomic E-state index is 12.3. The van der Waals surface area contributed by atoms with E-state index < -0.39 is 0 Å². The van der Waals surface area contributed by atoms with Crippen LogP contribution in [0.15, 0.2) is 36.4 Å². The number of rotatable bonds is 4. The van der Waals surface area contributed by atoms with Gasteiger partial charge < -0.3 is 4.74 Å². The number of Topliss-reactive ketones (excluding diaryl/α,β-unsaturated/α-hetero) is 1. The van der Waals surface area contributed by atoms with Crippen LogP contribution in [0.25, 0.3) is 0 Å². The van der Waals surface area contributed by atoms with E-state index in [4.69, 9.17) is 39.5 Å². The summed E-state index contributed by atoms with van der Waals surface area (Å²) in [5.74, 6) is 0.359. The van der Waals surface area contributed by atoms with E-state index in [-0.39, 0.29) is 12.2 Å². The molecule has 0 heterocycles. The molecule has 0 unspecified atom stereocenters. The number of benzene rings is 2. The van der Waals surface area contributed by atoms with Crippen molar-refractivity contribution in [2.45, 2.75) is 6.42 Å². The molecule has 0 aliphatic carbocycles. The van der Waals surface area contributed by atoms with Gasteiger partial charge in [-0.1, -0.05) is 40.9 Å². The van der Waals surface area contributed by atoms with E-state index in [1.807, 2.05) is 0 Å². The standard InChI is InChI=1S/C15H11Cl3O2/c1-20-15-7-9(5-6-13(15)18)14(19)8-10-11(16)3-2-4-12(10)17/h2-7H,8H2,1H3. The van der Waals surface area contributed by atoms with Gasteiger partial charge in [0.1, 0.15) is 5.75 Å². The lowest BCUT2D eigenvalue weighted by atomic mass is 10.0. The second-order valence-electron chi connectivity index (χ2n) is 4.15. The predicted octanol–water partition coefficient (Wildman–Crippen LogP) is 5.08. The Morgan fingerprint density at radius 1 is 1.05 bits per heavy atom. The molecule has 0 saturated heterocycles. The maximum Gasteiger partial charge on any atom is 0.167 e. The van der Waals surface area contributed by atoms with Crippen LogP contribution in [0.1, 0.15) is 15.9 Å². The first-order valence-electron chi connectivity index (χ1n) is 5.82. The van der Waals surface area contributed by atoms with E-state index in [9.17, 15) is 4.79 Å². The van der Waals surface area contributed by atoms with Gasteiger partial charge in [0, 0.05) is 22.0 Å². The van der Waals surface area contributed by atoms with Gasteiger partial charge in [0.15, 0.2) is 5.78 Å². The highest BCUT2D eigenvalue weighted by Crippen LogP contribution is 2.28. The molecular formula is C15H11Cl3O2. The van der Waals surface area contributed by atoms with Crippen molar-refractivity contribution in [1.82, 2.24) is 0 Å². The van der Waals surface area contributed by atoms with Crippen molar-refractivity contribution < 1.29 is 9.53 Å². The van der Waals surface area contributed by atoms with Gasteiger partial charge in [-0.25, -0.2) is 0 Å². The van der Waals surface area contributed by atoms with E-state index in [1.165, 1.54) is 7.11 Å². The fraction of sp³-hybridized carbons (Fsp3) is 0.133. The smallest absolute Gasteiger partial charge is 0.167 e. The highest BCUT2D eigenvalue weighted by atomic mass is 35.5. The third-order valence-electron chi connectivity index (χ3n) is 2.87. The van der Waals surface area contributed by atoms with Crippen molar-refractivity contribution in [3.63, 3.8) is 0 Å². The van der Waals surface area contributed by atoms with E-state index >= 15 is 0 Å². The van der Waals surface area contributed by atoms with Gasteiger partial charge in [-0.15, -0.1) is 0 Å². The lowest BCUT2D eigenvalue weighted by Gasteiger charge is -2.08. The average molecular weight is 330 g/mol. The minimum absolute atomic E-state index is 0.102. The quantitative estimate of drug-likeness (QED) is 0.731. The summed E-state index contributed by atoms with van der Waals surface area (Å²) in [5.41, 5.74) is 1.12. The monoisotopic (exact) mass is 328 g/mol. The summed E-state index contributed by atoms with van der Waals surface area (Å²) in [6.45, 7) is 0. The van der Waals surface area contributed by atoms with Crippen molar-refractivity contribution in [3.8, 4) is 5.75 Å². The Bertz CT molecular complexity index is 633. The fourth-order valence-electron chi connectivity index (χ4n) is 1.80. The zero-order valence-electron chi connectivity index (χ0n) is 10.6. The number of carbonyl (C=O) groups is 1. The number of ether oxygens (including phenoxy) is 1. The Morgan fingerprint density at radius 2 is 1.70 bits per heavy atom. The van der Waals surface area contributed by atoms with Gasteiger partial charge in [-0.2, -0.15) is 0 Å². The highest BCUT2D eigenvalue weighted by Gasteiger charge is 2.14. The van der Waals surface area contributed by atoms with Crippen molar-refractivity contribution >= 4 is 40.6 Å². The van der Waals surface area contributed by atoms with E-state index in [2.05, 4.69) is 0 Å². The molecule has 0 fully saturated rings. The third kappa shape index (κ3) is 3.26. The second kappa shape index (κ2) is 6.49. The molecule has 0 N–H and O–H groups in total. The summed E-state index contributed by atoms with van der Waals surface area (Å²) in [5, 5.41) is 1.42. The zero-order valence-corrected chi connectivity index (χ0v) is 12.9. The van der Waals surface area contributed by atoms with Gasteiger partial charge in [-0.3, -0.25) is 4.79 Å². The first-order valence-corrected chi connectivity index (χ1v) is 6.96. The molecule has 0 bridgehead atoms. The highest BCUT2D eigenvalue weighted by molar-refractivity contribution is 6.36. The molecule has 0 radical (unpaired) electrons. The van der Waals surface area contributed by atoms with Crippen LogP contribution in [0.5, 0.6) is 5.75 Å². The molecular weight excluding hydrogens is 319 g/mol. The number of methoxy groups -OCH3 is 1. The van der Waals surface area contributed by atoms with Crippen LogP contribution in [-0.2, 0) is 6.42 Å². The molecule has 0 aliphatic heterocycles. The Labute approximate surface area is 132 Å². The number of halogens is 3. The molecule has 2 nitrogen and oxygen atoms in total. The largest absolute Gasteiger partial charge is 0.495 e. The van der Waals surface area contributed by atoms with E-state index in [1.54, 1.807) is 36.4 Å². The van der Waals surface area contributed by atoms with Crippen LogP contribution < -0.4 is 4.74 Å². The summed E-state index contributed by atoms with van der Waals surface area (Å²) in [6, 6.07) is 10.0. The minimum Gasteiger partial charge on any atom is -0.495 e. The summed E-state index contributed by atoms with van der Waals surface area (Å²) in [6.07, 6.45) is 0.128. The van der Waals surface area contributed by atoms with Crippen LogP contribution in [0.3, 0.4) is 0 Å². The van der Waals surface area contributed by atoms with Crippen molar-refractivity contribution in [3.05, 3.63) is 62.6 Å². The number of hydrogen-bond acceptors (Lipinski definition) is 2. The minimum atomic E-state index is -0.102. The fourth-order valence-corrected chi connectivity index (χ4v) is 2.52. The summed E-state index contributed by atoms with van der Waals surface area (Å²) < 4.78 is 5.10. The third-order valence-corrected chi connectivity index (χ3v) is 3.89. The summed E-state index contributed by atoms with van der Waals surface area (Å²) in [4.78, 5) is 12.3. The molecule has 0 atom stereocenters. The van der Waals surface area contributed by atoms with Gasteiger partial charge in [0.2, 0.25) is 0 Å². The van der Waals surface area contributed by atoms with Crippen LogP contribution in [0, 0.1) is 0 Å². The lowest BCUT2D eigenvalue weighted by Crippen LogP contribution is -2.05. The molecule has 2 rings (SSSR count). The average Bonchev–Trinajstić information content (AvgIpc) is 2.43.